The minimum Gasteiger partial charge on any atom is -0.494 e. The molecule has 1 atom stereocenters. The van der Waals surface area contributed by atoms with Gasteiger partial charge in [0.1, 0.15) is 5.75 Å². The van der Waals surface area contributed by atoms with Crippen LogP contribution in [0.1, 0.15) is 26.7 Å². The third-order valence-corrected chi connectivity index (χ3v) is 3.52. The second-order valence-electron chi connectivity index (χ2n) is 5.38. The Morgan fingerprint density at radius 2 is 1.62 bits per heavy atom. The van der Waals surface area contributed by atoms with Crippen molar-refractivity contribution in [2.75, 3.05) is 13.2 Å². The van der Waals surface area contributed by atoms with E-state index in [1.54, 1.807) is 0 Å². The maximum atomic E-state index is 5.81. The van der Waals surface area contributed by atoms with E-state index in [0.717, 1.165) is 25.3 Å². The Morgan fingerprint density at radius 3 is 2.29 bits per heavy atom. The number of hydrogen-bond donors (Lipinski definition) is 1. The molecule has 1 N–H and O–H groups in total. The monoisotopic (exact) mass is 283 g/mol. The molecule has 1 unspecified atom stereocenters. The Hall–Kier alpha value is -1.80. The van der Waals surface area contributed by atoms with Crippen LogP contribution in [0, 0.1) is 0 Å². The molecule has 0 aliphatic heterocycles. The van der Waals surface area contributed by atoms with Crippen LogP contribution < -0.4 is 10.1 Å². The highest BCUT2D eigenvalue weighted by Gasteiger charge is 2.02. The zero-order valence-corrected chi connectivity index (χ0v) is 13.0. The predicted molar refractivity (Wildman–Crippen MR) is 89.7 cm³/mol. The molecule has 0 saturated carbocycles. The molecule has 2 heteroatoms. The molecule has 0 aromatic heterocycles. The Kier molecular flexibility index (Phi) is 6.29. The fourth-order valence-electron chi connectivity index (χ4n) is 2.22. The van der Waals surface area contributed by atoms with Crippen LogP contribution >= 0.6 is 0 Å². The quantitative estimate of drug-likeness (QED) is 0.769. The first-order valence-electron chi connectivity index (χ1n) is 7.81. The van der Waals surface area contributed by atoms with Crippen LogP contribution in [0.4, 0.5) is 0 Å². The van der Waals surface area contributed by atoms with Gasteiger partial charge in [-0.3, -0.25) is 0 Å². The molecule has 2 aromatic rings. The molecule has 0 bridgehead atoms. The molecule has 0 spiro atoms. The van der Waals surface area contributed by atoms with Crippen LogP contribution in [0.25, 0.3) is 11.1 Å². The largest absolute Gasteiger partial charge is 0.494 e. The summed E-state index contributed by atoms with van der Waals surface area (Å²) in [6.45, 7) is 6.22. The van der Waals surface area contributed by atoms with Crippen LogP contribution in [0.5, 0.6) is 5.75 Å². The third kappa shape index (κ3) is 5.24. The molecule has 0 heterocycles. The number of ether oxygens (including phenoxy) is 1. The van der Waals surface area contributed by atoms with Crippen molar-refractivity contribution in [2.24, 2.45) is 0 Å². The normalized spacial score (nSPS) is 12.1. The Morgan fingerprint density at radius 1 is 0.952 bits per heavy atom. The molecule has 2 rings (SSSR count). The lowest BCUT2D eigenvalue weighted by Crippen LogP contribution is -2.28. The van der Waals surface area contributed by atoms with Crippen molar-refractivity contribution >= 4 is 0 Å². The van der Waals surface area contributed by atoms with Gasteiger partial charge in [0.05, 0.1) is 6.61 Å². The minimum absolute atomic E-state index is 0.508. The molecule has 112 valence electrons. The lowest BCUT2D eigenvalue weighted by atomic mass is 10.1. The molecule has 21 heavy (non-hydrogen) atoms. The summed E-state index contributed by atoms with van der Waals surface area (Å²) < 4.78 is 5.81. The highest BCUT2D eigenvalue weighted by molar-refractivity contribution is 5.63. The number of hydrogen-bond acceptors (Lipinski definition) is 2. The summed E-state index contributed by atoms with van der Waals surface area (Å²) in [6, 6.07) is 19.2. The third-order valence-electron chi connectivity index (χ3n) is 3.52. The van der Waals surface area contributed by atoms with Gasteiger partial charge in [-0.05, 0) is 49.6 Å². The minimum atomic E-state index is 0.508. The highest BCUT2D eigenvalue weighted by Crippen LogP contribution is 2.22. The molecule has 0 aliphatic rings. The van der Waals surface area contributed by atoms with Crippen molar-refractivity contribution < 1.29 is 4.74 Å². The van der Waals surface area contributed by atoms with Crippen molar-refractivity contribution in [1.29, 1.82) is 0 Å². The van der Waals surface area contributed by atoms with E-state index < -0.39 is 0 Å². The molecule has 2 nitrogen and oxygen atoms in total. The smallest absolute Gasteiger partial charge is 0.119 e. The van der Waals surface area contributed by atoms with Crippen molar-refractivity contribution in [3.63, 3.8) is 0 Å². The zero-order valence-electron chi connectivity index (χ0n) is 13.0. The summed E-state index contributed by atoms with van der Waals surface area (Å²) >= 11 is 0. The zero-order chi connectivity index (χ0) is 14.9. The standard InChI is InChI=1S/C19H25NO/c1-3-14-20-16(2)13-15-21-19-11-9-18(10-12-19)17-7-5-4-6-8-17/h4-12,16,20H,3,13-15H2,1-2H3. The fourth-order valence-corrected chi connectivity index (χ4v) is 2.22. The summed E-state index contributed by atoms with van der Waals surface area (Å²) in [7, 11) is 0. The van der Waals surface area contributed by atoms with Crippen LogP contribution in [-0.2, 0) is 0 Å². The lowest BCUT2D eigenvalue weighted by Gasteiger charge is -2.13. The van der Waals surface area contributed by atoms with E-state index >= 15 is 0 Å². The average Bonchev–Trinajstić information content (AvgIpc) is 2.54. The maximum Gasteiger partial charge on any atom is 0.119 e. The van der Waals surface area contributed by atoms with Crippen molar-refractivity contribution in [3.05, 3.63) is 54.6 Å². The van der Waals surface area contributed by atoms with Gasteiger partial charge in [0.2, 0.25) is 0 Å². The van der Waals surface area contributed by atoms with E-state index in [0.29, 0.717) is 6.04 Å². The topological polar surface area (TPSA) is 21.3 Å². The van der Waals surface area contributed by atoms with E-state index in [1.807, 2.05) is 18.2 Å². The van der Waals surface area contributed by atoms with Gasteiger partial charge in [-0.15, -0.1) is 0 Å². The van der Waals surface area contributed by atoms with Gasteiger partial charge in [0.25, 0.3) is 0 Å². The first-order chi connectivity index (χ1) is 10.3. The van der Waals surface area contributed by atoms with Gasteiger partial charge >= 0.3 is 0 Å². The van der Waals surface area contributed by atoms with E-state index in [-0.39, 0.29) is 0 Å². The summed E-state index contributed by atoms with van der Waals surface area (Å²) in [5.41, 5.74) is 2.46. The molecule has 0 amide bonds. The summed E-state index contributed by atoms with van der Waals surface area (Å²) in [5.74, 6) is 0.942. The maximum absolute atomic E-state index is 5.81. The average molecular weight is 283 g/mol. The first kappa shape index (κ1) is 15.6. The molecule has 0 saturated heterocycles. The summed E-state index contributed by atoms with van der Waals surface area (Å²) in [6.07, 6.45) is 2.20. The van der Waals surface area contributed by atoms with Crippen LogP contribution in [0.3, 0.4) is 0 Å². The summed E-state index contributed by atoms with van der Waals surface area (Å²) in [5, 5.41) is 3.47. The molecule has 2 aromatic carbocycles. The molecular formula is C19H25NO. The fraction of sp³-hybridized carbons (Fsp3) is 0.368. The highest BCUT2D eigenvalue weighted by atomic mass is 16.5. The Bertz CT molecular complexity index is 507. The van der Waals surface area contributed by atoms with Crippen LogP contribution in [0.15, 0.2) is 54.6 Å². The van der Waals surface area contributed by atoms with Crippen LogP contribution in [-0.4, -0.2) is 19.2 Å². The summed E-state index contributed by atoms with van der Waals surface area (Å²) in [4.78, 5) is 0. The second-order valence-corrected chi connectivity index (χ2v) is 5.38. The van der Waals surface area contributed by atoms with Gasteiger partial charge in [-0.2, -0.15) is 0 Å². The number of nitrogens with one attached hydrogen (secondary N) is 1. The Labute approximate surface area is 128 Å². The van der Waals surface area contributed by atoms with Gasteiger partial charge in [-0.1, -0.05) is 49.4 Å². The van der Waals surface area contributed by atoms with E-state index in [9.17, 15) is 0 Å². The van der Waals surface area contributed by atoms with Gasteiger partial charge in [0, 0.05) is 6.04 Å². The van der Waals surface area contributed by atoms with Gasteiger partial charge in [-0.25, -0.2) is 0 Å². The van der Waals surface area contributed by atoms with Gasteiger partial charge in [0.15, 0.2) is 0 Å². The molecule has 0 fully saturated rings. The molecule has 0 aliphatic carbocycles. The van der Waals surface area contributed by atoms with Crippen LogP contribution in [0.2, 0.25) is 0 Å². The van der Waals surface area contributed by atoms with E-state index in [1.165, 1.54) is 17.5 Å². The number of benzene rings is 2. The number of rotatable bonds is 8. The van der Waals surface area contributed by atoms with Gasteiger partial charge < -0.3 is 10.1 Å². The van der Waals surface area contributed by atoms with Crippen molar-refractivity contribution in [1.82, 2.24) is 5.32 Å². The van der Waals surface area contributed by atoms with Crippen molar-refractivity contribution in [3.8, 4) is 16.9 Å². The lowest BCUT2D eigenvalue weighted by molar-refractivity contribution is 0.290. The van der Waals surface area contributed by atoms with Crippen molar-refractivity contribution in [2.45, 2.75) is 32.7 Å². The second kappa shape index (κ2) is 8.48. The SMILES string of the molecule is CCCNC(C)CCOc1ccc(-c2ccccc2)cc1. The predicted octanol–water partition coefficient (Wildman–Crippen LogP) is 4.51. The van der Waals surface area contributed by atoms with E-state index in [2.05, 4.69) is 55.6 Å². The molecular weight excluding hydrogens is 258 g/mol. The molecule has 0 radical (unpaired) electrons. The Balaban J connectivity index is 1.80. The first-order valence-corrected chi connectivity index (χ1v) is 7.81. The van der Waals surface area contributed by atoms with E-state index in [4.69, 9.17) is 4.74 Å².